The Morgan fingerprint density at radius 2 is 1.75 bits per heavy atom. The van der Waals surface area contributed by atoms with Gasteiger partial charge >= 0.3 is 0 Å². The Bertz CT molecular complexity index is 1490. The average Bonchev–Trinajstić information content (AvgIpc) is 3.72. The number of carbonyl (C=O) groups is 1. The predicted molar refractivity (Wildman–Crippen MR) is 170 cm³/mol. The molecule has 236 valence electrons. The Balaban J connectivity index is 1.23. The summed E-state index contributed by atoms with van der Waals surface area (Å²) in [7, 11) is 1.48. The van der Waals surface area contributed by atoms with Gasteiger partial charge in [-0.1, -0.05) is 42.9 Å². The number of morpholine rings is 1. The molecule has 0 bridgehead atoms. The summed E-state index contributed by atoms with van der Waals surface area (Å²) < 4.78 is 41.7. The molecule has 0 unspecified atom stereocenters. The summed E-state index contributed by atoms with van der Waals surface area (Å²) in [4.78, 5) is 32.5. The van der Waals surface area contributed by atoms with Crippen LogP contribution >= 0.6 is 24.0 Å². The number of carbonyl (C=O) groups excluding carboxylic acids is 1. The van der Waals surface area contributed by atoms with E-state index in [1.807, 2.05) is 6.07 Å². The molecule has 2 saturated heterocycles. The van der Waals surface area contributed by atoms with Crippen LogP contribution in [0, 0.1) is 0 Å². The third-order valence-electron chi connectivity index (χ3n) is 8.22. The van der Waals surface area contributed by atoms with E-state index in [4.69, 9.17) is 31.7 Å². The van der Waals surface area contributed by atoms with Crippen molar-refractivity contribution in [2.45, 2.75) is 38.2 Å². The Labute approximate surface area is 264 Å². The molecule has 2 aromatic heterocycles. The number of thiocarbonyl (C=S) groups is 1. The second kappa shape index (κ2) is 13.8. The number of rotatable bonds is 8. The molecule has 3 aromatic rings. The zero-order valence-electron chi connectivity index (χ0n) is 24.6. The fourth-order valence-corrected chi connectivity index (χ4v) is 6.98. The van der Waals surface area contributed by atoms with Crippen molar-refractivity contribution in [2.24, 2.45) is 0 Å². The maximum absolute atomic E-state index is 14.4. The molecular formula is C29H36F2N8O3S2. The van der Waals surface area contributed by atoms with Gasteiger partial charge in [0.15, 0.2) is 5.82 Å². The molecule has 0 atom stereocenters. The van der Waals surface area contributed by atoms with E-state index in [0.29, 0.717) is 97.0 Å². The van der Waals surface area contributed by atoms with Gasteiger partial charge in [-0.05, 0) is 25.0 Å². The van der Waals surface area contributed by atoms with Gasteiger partial charge in [-0.15, -0.1) is 0 Å². The molecule has 44 heavy (non-hydrogen) atoms. The third kappa shape index (κ3) is 6.69. The molecule has 1 amide bonds. The van der Waals surface area contributed by atoms with Crippen molar-refractivity contribution in [3.05, 3.63) is 30.1 Å². The number of anilines is 2. The van der Waals surface area contributed by atoms with Gasteiger partial charge in [0.1, 0.15) is 27.2 Å². The van der Waals surface area contributed by atoms with Crippen LogP contribution < -0.4 is 19.9 Å². The van der Waals surface area contributed by atoms with E-state index >= 15 is 0 Å². The van der Waals surface area contributed by atoms with Gasteiger partial charge in [0, 0.05) is 51.4 Å². The Kier molecular flexibility index (Phi) is 9.62. The third-order valence-corrected chi connectivity index (χ3v) is 9.74. The van der Waals surface area contributed by atoms with Crippen molar-refractivity contribution in [3.63, 3.8) is 0 Å². The summed E-state index contributed by atoms with van der Waals surface area (Å²) in [5.74, 6) is 1.68. The van der Waals surface area contributed by atoms with Gasteiger partial charge in [0.05, 0.1) is 31.6 Å². The first-order chi connectivity index (χ1) is 21.4. The summed E-state index contributed by atoms with van der Waals surface area (Å²) in [6, 6.07) is 7.34. The van der Waals surface area contributed by atoms with Crippen molar-refractivity contribution in [1.29, 1.82) is 0 Å². The van der Waals surface area contributed by atoms with E-state index in [-0.39, 0.29) is 11.9 Å². The molecule has 1 N–H and O–H groups in total. The average molecular weight is 647 g/mol. The summed E-state index contributed by atoms with van der Waals surface area (Å²) in [5, 5.41) is 3.11. The molecule has 3 fully saturated rings. The number of benzene rings is 1. The first kappa shape index (κ1) is 30.7. The van der Waals surface area contributed by atoms with Crippen LogP contribution in [0.2, 0.25) is 0 Å². The van der Waals surface area contributed by atoms with Crippen LogP contribution in [0.25, 0.3) is 17.0 Å². The molecule has 1 saturated carbocycles. The van der Waals surface area contributed by atoms with Crippen LogP contribution in [0.3, 0.4) is 0 Å². The number of ether oxygens (including phenoxy) is 2. The standard InChI is InChI=1S/C29H36F2N8O3S2/c1-41-21-8-4-7-20-25(21)35-27(26(30)31)39(20)28-33-22(17-23(34-28)37-13-15-42-16-14-37)36-9-11-38(12-10-36)29(43)44-18-24(40)32-19-5-2-3-6-19/h4,7-8,17,19,26H,2-3,5-6,9-16,18H2,1H3,(H,32,40). The van der Waals surface area contributed by atoms with Crippen molar-refractivity contribution < 1.29 is 23.0 Å². The fourth-order valence-electron chi connectivity index (χ4n) is 5.92. The van der Waals surface area contributed by atoms with E-state index in [0.717, 1.165) is 12.8 Å². The number of hydrogen-bond donors (Lipinski definition) is 1. The zero-order valence-corrected chi connectivity index (χ0v) is 26.2. The first-order valence-corrected chi connectivity index (χ1v) is 16.3. The number of halogens is 2. The number of hydrogen-bond acceptors (Lipinski definition) is 10. The number of amides is 1. The van der Waals surface area contributed by atoms with Crippen molar-refractivity contribution in [3.8, 4) is 11.7 Å². The first-order valence-electron chi connectivity index (χ1n) is 14.9. The van der Waals surface area contributed by atoms with Gasteiger partial charge in [-0.25, -0.2) is 13.8 Å². The number of methoxy groups -OCH3 is 1. The SMILES string of the molecule is COc1cccc2c1nc(C(F)F)n2-c1nc(N2CCOCC2)cc(N2CCN(C(=S)SCC(=O)NC3CCCC3)CC2)n1. The number of piperazine rings is 1. The molecule has 0 radical (unpaired) electrons. The van der Waals surface area contributed by atoms with Crippen LogP contribution in [0.5, 0.6) is 5.75 Å². The van der Waals surface area contributed by atoms with Crippen molar-refractivity contribution in [1.82, 2.24) is 29.7 Å². The topological polar surface area (TPSA) is 101 Å². The van der Waals surface area contributed by atoms with Crippen molar-refractivity contribution in [2.75, 3.05) is 75.1 Å². The molecule has 3 aliphatic rings. The Hall–Kier alpha value is -3.30. The fraction of sp³-hybridized carbons (Fsp3) is 0.552. The molecule has 1 aliphatic carbocycles. The highest BCUT2D eigenvalue weighted by molar-refractivity contribution is 8.23. The summed E-state index contributed by atoms with van der Waals surface area (Å²) >= 11 is 7.06. The number of fused-ring (bicyclic) bond motifs is 1. The molecule has 1 aromatic carbocycles. The number of nitrogens with zero attached hydrogens (tertiary/aromatic N) is 7. The monoisotopic (exact) mass is 646 g/mol. The number of imidazole rings is 1. The highest BCUT2D eigenvalue weighted by Gasteiger charge is 2.28. The van der Waals surface area contributed by atoms with E-state index in [1.54, 1.807) is 18.2 Å². The molecule has 4 heterocycles. The second-order valence-electron chi connectivity index (χ2n) is 11.0. The van der Waals surface area contributed by atoms with Gasteiger partial charge in [0.25, 0.3) is 6.43 Å². The van der Waals surface area contributed by atoms with Crippen LogP contribution in [0.1, 0.15) is 37.9 Å². The number of aromatic nitrogens is 4. The molecule has 6 rings (SSSR count). The highest BCUT2D eigenvalue weighted by Crippen LogP contribution is 2.33. The molecule has 15 heteroatoms. The van der Waals surface area contributed by atoms with Gasteiger partial charge in [-0.3, -0.25) is 9.36 Å². The quantitative estimate of drug-likeness (QED) is 0.362. The summed E-state index contributed by atoms with van der Waals surface area (Å²) in [6.45, 7) is 4.89. The predicted octanol–water partition coefficient (Wildman–Crippen LogP) is 3.80. The van der Waals surface area contributed by atoms with E-state index in [9.17, 15) is 13.6 Å². The largest absolute Gasteiger partial charge is 0.494 e. The minimum Gasteiger partial charge on any atom is -0.494 e. The smallest absolute Gasteiger partial charge is 0.296 e. The Morgan fingerprint density at radius 3 is 2.41 bits per heavy atom. The maximum Gasteiger partial charge on any atom is 0.296 e. The van der Waals surface area contributed by atoms with Gasteiger partial charge in [0.2, 0.25) is 11.9 Å². The van der Waals surface area contributed by atoms with Crippen molar-refractivity contribution >= 4 is 56.9 Å². The van der Waals surface area contributed by atoms with Crippen LogP contribution in [-0.4, -0.2) is 106 Å². The lowest BCUT2D eigenvalue weighted by atomic mass is 10.2. The normalized spacial score (nSPS) is 18.0. The van der Waals surface area contributed by atoms with E-state index in [1.165, 1.54) is 36.3 Å². The lowest BCUT2D eigenvalue weighted by molar-refractivity contribution is -0.119. The van der Waals surface area contributed by atoms with Crippen LogP contribution in [-0.2, 0) is 9.53 Å². The number of nitrogens with one attached hydrogen (secondary N) is 1. The molecule has 0 spiro atoms. The van der Waals surface area contributed by atoms with Gasteiger partial charge in [-0.2, -0.15) is 9.97 Å². The lowest BCUT2D eigenvalue weighted by Gasteiger charge is -2.37. The minimum atomic E-state index is -2.85. The van der Waals surface area contributed by atoms with E-state index in [2.05, 4.69) is 25.0 Å². The zero-order chi connectivity index (χ0) is 30.6. The molecular weight excluding hydrogens is 611 g/mol. The molecule has 11 nitrogen and oxygen atoms in total. The van der Waals surface area contributed by atoms with Crippen LogP contribution in [0.4, 0.5) is 20.4 Å². The van der Waals surface area contributed by atoms with Gasteiger partial charge < -0.3 is 29.5 Å². The highest BCUT2D eigenvalue weighted by atomic mass is 32.2. The molecule has 2 aliphatic heterocycles. The second-order valence-corrected chi connectivity index (χ2v) is 12.6. The number of alkyl halides is 2. The Morgan fingerprint density at radius 1 is 1.07 bits per heavy atom. The number of thioether (sulfide) groups is 1. The van der Waals surface area contributed by atoms with Crippen LogP contribution in [0.15, 0.2) is 24.3 Å². The minimum absolute atomic E-state index is 0.0276. The summed E-state index contributed by atoms with van der Waals surface area (Å²) in [5.41, 5.74) is 0.762. The maximum atomic E-state index is 14.4. The lowest BCUT2D eigenvalue weighted by Crippen LogP contribution is -2.48. The summed E-state index contributed by atoms with van der Waals surface area (Å²) in [6.07, 6.45) is 1.59. The number of para-hydroxylation sites is 1. The van der Waals surface area contributed by atoms with E-state index < -0.39 is 12.2 Å².